The predicted molar refractivity (Wildman–Crippen MR) is 123 cm³/mol. The highest BCUT2D eigenvalue weighted by molar-refractivity contribution is 6.42. The van der Waals surface area contributed by atoms with Gasteiger partial charge in [0.05, 0.1) is 21.4 Å². The quantitative estimate of drug-likeness (QED) is 0.420. The molecule has 2 aromatic heterocycles. The van der Waals surface area contributed by atoms with Gasteiger partial charge >= 0.3 is 0 Å². The van der Waals surface area contributed by atoms with E-state index in [0.717, 1.165) is 17.8 Å². The van der Waals surface area contributed by atoms with Gasteiger partial charge < -0.3 is 9.47 Å². The van der Waals surface area contributed by atoms with Gasteiger partial charge in [0.15, 0.2) is 0 Å². The van der Waals surface area contributed by atoms with Gasteiger partial charge in [-0.15, -0.1) is 0 Å². The van der Waals surface area contributed by atoms with Crippen molar-refractivity contribution >= 4 is 29.1 Å². The maximum atomic E-state index is 13.6. The molecule has 0 radical (unpaired) electrons. The molecule has 0 spiro atoms. The highest BCUT2D eigenvalue weighted by Gasteiger charge is 2.26. The molecule has 3 heterocycles. The van der Waals surface area contributed by atoms with E-state index in [1.165, 1.54) is 11.1 Å². The van der Waals surface area contributed by atoms with E-state index in [1.807, 2.05) is 59.1 Å². The Labute approximate surface area is 190 Å². The Morgan fingerprint density at radius 3 is 2.52 bits per heavy atom. The number of halogens is 2. The Balaban J connectivity index is 1.58. The van der Waals surface area contributed by atoms with Gasteiger partial charge in [-0.05, 0) is 53.9 Å². The second-order valence-corrected chi connectivity index (χ2v) is 8.49. The van der Waals surface area contributed by atoms with Crippen LogP contribution in [-0.4, -0.2) is 31.7 Å². The van der Waals surface area contributed by atoms with E-state index in [4.69, 9.17) is 28.3 Å². The summed E-state index contributed by atoms with van der Waals surface area (Å²) in [5.41, 5.74) is 5.32. The fraction of sp³-hybridized carbons (Fsp3) is 0.167. The second-order valence-electron chi connectivity index (χ2n) is 7.67. The minimum atomic E-state index is -0.0615. The van der Waals surface area contributed by atoms with Crippen LogP contribution in [0.15, 0.2) is 66.9 Å². The molecule has 1 amide bonds. The van der Waals surface area contributed by atoms with Crippen LogP contribution in [0.2, 0.25) is 10.0 Å². The molecule has 0 unspecified atom stereocenters. The summed E-state index contributed by atoms with van der Waals surface area (Å²) in [6, 6.07) is 19.3. The Morgan fingerprint density at radius 1 is 0.968 bits per heavy atom. The molecule has 1 aliphatic heterocycles. The zero-order valence-corrected chi connectivity index (χ0v) is 18.4. The lowest BCUT2D eigenvalue weighted by atomic mass is 10.00. The maximum absolute atomic E-state index is 13.6. The molecule has 2 aromatic carbocycles. The minimum absolute atomic E-state index is 0.0615. The van der Waals surface area contributed by atoms with Crippen molar-refractivity contribution in [1.29, 1.82) is 0 Å². The highest BCUT2D eigenvalue weighted by atomic mass is 35.5. The molecule has 5 nitrogen and oxygen atoms in total. The first-order valence-electron chi connectivity index (χ1n) is 10.0. The summed E-state index contributed by atoms with van der Waals surface area (Å²) >= 11 is 12.4. The van der Waals surface area contributed by atoms with E-state index in [2.05, 4.69) is 12.1 Å². The molecule has 0 N–H and O–H groups in total. The number of rotatable bonds is 3. The van der Waals surface area contributed by atoms with Gasteiger partial charge in [0.1, 0.15) is 11.4 Å². The molecule has 1 aliphatic rings. The van der Waals surface area contributed by atoms with Gasteiger partial charge in [0.25, 0.3) is 5.91 Å². The lowest BCUT2D eigenvalue weighted by molar-refractivity contribution is 0.0725. The van der Waals surface area contributed by atoms with Crippen LogP contribution in [0.4, 0.5) is 0 Å². The Hall–Kier alpha value is -3.02. The van der Waals surface area contributed by atoms with Gasteiger partial charge in [0.2, 0.25) is 0 Å². The largest absolute Gasteiger partial charge is 0.349 e. The van der Waals surface area contributed by atoms with Gasteiger partial charge in [-0.2, -0.15) is 5.10 Å². The van der Waals surface area contributed by atoms with E-state index in [1.54, 1.807) is 16.8 Å². The summed E-state index contributed by atoms with van der Waals surface area (Å²) in [6.07, 6.45) is 2.80. The number of benzene rings is 2. The average Bonchev–Trinajstić information content (AvgIpc) is 3.41. The van der Waals surface area contributed by atoms with Crippen molar-refractivity contribution in [2.75, 3.05) is 6.54 Å². The standard InChI is InChI=1S/C24H20Cl2N4O/c1-28-11-4-7-22(28)21-14-23(30(27-21)18-8-9-19(25)20(26)13-18)24(31)29-12-10-16-5-2-3-6-17(16)15-29/h2-9,11,13-14H,10,12,15H2,1H3. The SMILES string of the molecule is Cn1cccc1-c1cc(C(=O)N2CCc3ccccc3C2)n(-c2ccc(Cl)c(Cl)c2)n1. The molecule has 156 valence electrons. The molecule has 0 atom stereocenters. The number of fused-ring (bicyclic) bond motifs is 1. The lowest BCUT2D eigenvalue weighted by Crippen LogP contribution is -2.37. The number of carbonyl (C=O) groups excluding carboxylic acids is 1. The summed E-state index contributed by atoms with van der Waals surface area (Å²) in [6.45, 7) is 1.25. The molecule has 0 bridgehead atoms. The number of amides is 1. The topological polar surface area (TPSA) is 43.1 Å². The summed E-state index contributed by atoms with van der Waals surface area (Å²) in [4.78, 5) is 15.5. The fourth-order valence-corrected chi connectivity index (χ4v) is 4.32. The van der Waals surface area contributed by atoms with Gasteiger partial charge in [0, 0.05) is 26.3 Å². The van der Waals surface area contributed by atoms with Crippen LogP contribution >= 0.6 is 23.2 Å². The molecular formula is C24H20Cl2N4O. The summed E-state index contributed by atoms with van der Waals surface area (Å²) in [5, 5.41) is 5.64. The Bertz CT molecular complexity index is 1290. The number of nitrogens with zero attached hydrogens (tertiary/aromatic N) is 4. The van der Waals surface area contributed by atoms with Crippen LogP contribution in [0.1, 0.15) is 21.6 Å². The monoisotopic (exact) mass is 450 g/mol. The zero-order chi connectivity index (χ0) is 21.5. The first-order chi connectivity index (χ1) is 15.0. The van der Waals surface area contributed by atoms with E-state index < -0.39 is 0 Å². The molecule has 0 fully saturated rings. The smallest absolute Gasteiger partial charge is 0.272 e. The third-order valence-corrected chi connectivity index (χ3v) is 6.44. The first kappa shape index (κ1) is 19.9. The van der Waals surface area contributed by atoms with Crippen molar-refractivity contribution in [1.82, 2.24) is 19.2 Å². The number of aromatic nitrogens is 3. The predicted octanol–water partition coefficient (Wildman–Crippen LogP) is 5.38. The van der Waals surface area contributed by atoms with Gasteiger partial charge in [-0.25, -0.2) is 4.68 Å². The fourth-order valence-electron chi connectivity index (χ4n) is 4.03. The first-order valence-corrected chi connectivity index (χ1v) is 10.8. The molecule has 5 rings (SSSR count). The van der Waals surface area contributed by atoms with Crippen molar-refractivity contribution in [3.05, 3.63) is 93.7 Å². The van der Waals surface area contributed by atoms with Crippen LogP contribution in [0.3, 0.4) is 0 Å². The van der Waals surface area contributed by atoms with Crippen molar-refractivity contribution in [2.45, 2.75) is 13.0 Å². The summed E-state index contributed by atoms with van der Waals surface area (Å²) in [5.74, 6) is -0.0615. The van der Waals surface area contributed by atoms with Crippen LogP contribution in [0.5, 0.6) is 0 Å². The normalized spacial score (nSPS) is 13.3. The minimum Gasteiger partial charge on any atom is -0.349 e. The van der Waals surface area contributed by atoms with Crippen LogP contribution in [-0.2, 0) is 20.0 Å². The lowest BCUT2D eigenvalue weighted by Gasteiger charge is -2.29. The van der Waals surface area contributed by atoms with Crippen molar-refractivity contribution in [2.24, 2.45) is 7.05 Å². The third kappa shape index (κ3) is 3.64. The van der Waals surface area contributed by atoms with Crippen molar-refractivity contribution < 1.29 is 4.79 Å². The molecule has 7 heteroatoms. The molecule has 0 saturated carbocycles. The van der Waals surface area contributed by atoms with Gasteiger partial charge in [-0.1, -0.05) is 47.5 Å². The van der Waals surface area contributed by atoms with E-state index in [-0.39, 0.29) is 5.91 Å². The van der Waals surface area contributed by atoms with E-state index in [0.29, 0.717) is 34.5 Å². The number of hydrogen-bond acceptors (Lipinski definition) is 2. The number of hydrogen-bond donors (Lipinski definition) is 0. The Morgan fingerprint density at radius 2 is 1.77 bits per heavy atom. The summed E-state index contributed by atoms with van der Waals surface area (Å²) in [7, 11) is 1.95. The van der Waals surface area contributed by atoms with Crippen molar-refractivity contribution in [3.63, 3.8) is 0 Å². The van der Waals surface area contributed by atoms with Gasteiger partial charge in [-0.3, -0.25) is 4.79 Å². The molecule has 31 heavy (non-hydrogen) atoms. The molecule has 0 saturated heterocycles. The molecular weight excluding hydrogens is 431 g/mol. The van der Waals surface area contributed by atoms with Crippen LogP contribution in [0, 0.1) is 0 Å². The van der Waals surface area contributed by atoms with E-state index in [9.17, 15) is 4.79 Å². The maximum Gasteiger partial charge on any atom is 0.272 e. The van der Waals surface area contributed by atoms with Crippen LogP contribution < -0.4 is 0 Å². The number of carbonyl (C=O) groups is 1. The van der Waals surface area contributed by atoms with Crippen molar-refractivity contribution in [3.8, 4) is 17.1 Å². The average molecular weight is 451 g/mol. The second kappa shape index (κ2) is 7.91. The Kier molecular flexibility index (Phi) is 5.08. The molecule has 0 aliphatic carbocycles. The third-order valence-electron chi connectivity index (χ3n) is 5.70. The molecule has 4 aromatic rings. The van der Waals surface area contributed by atoms with Crippen LogP contribution in [0.25, 0.3) is 17.1 Å². The zero-order valence-electron chi connectivity index (χ0n) is 16.9. The summed E-state index contributed by atoms with van der Waals surface area (Å²) < 4.78 is 3.64. The highest BCUT2D eigenvalue weighted by Crippen LogP contribution is 2.28. The van der Waals surface area contributed by atoms with E-state index >= 15 is 0 Å². The number of aryl methyl sites for hydroxylation is 1.